The van der Waals surface area contributed by atoms with Crippen molar-refractivity contribution in [3.63, 3.8) is 0 Å². The van der Waals surface area contributed by atoms with E-state index in [0.29, 0.717) is 27.2 Å². The van der Waals surface area contributed by atoms with Crippen LogP contribution in [-0.4, -0.2) is 11.7 Å². The first-order valence-corrected chi connectivity index (χ1v) is 7.65. The Morgan fingerprint density at radius 2 is 1.89 bits per heavy atom. The first-order chi connectivity index (χ1) is 9.04. The van der Waals surface area contributed by atoms with Crippen molar-refractivity contribution in [2.24, 2.45) is 0 Å². The van der Waals surface area contributed by atoms with Crippen LogP contribution in [0.1, 0.15) is 9.67 Å². The third kappa shape index (κ3) is 4.29. The van der Waals surface area contributed by atoms with Crippen molar-refractivity contribution in [3.05, 3.63) is 45.1 Å². The predicted octanol–water partition coefficient (Wildman–Crippen LogP) is 5.08. The molecule has 1 aromatic carbocycles. The number of carbonyl (C=O) groups is 1. The van der Waals surface area contributed by atoms with Crippen LogP contribution in [0, 0.1) is 0 Å². The maximum absolute atomic E-state index is 12.1. The van der Waals surface area contributed by atoms with E-state index in [9.17, 15) is 13.6 Å². The van der Waals surface area contributed by atoms with E-state index in [2.05, 4.69) is 21.2 Å². The summed E-state index contributed by atoms with van der Waals surface area (Å²) in [7, 11) is 0. The van der Waals surface area contributed by atoms with Crippen molar-refractivity contribution in [1.29, 1.82) is 0 Å². The molecule has 0 fully saturated rings. The summed E-state index contributed by atoms with van der Waals surface area (Å²) in [5.41, 5.74) is 0.577. The van der Waals surface area contributed by atoms with Crippen molar-refractivity contribution >= 4 is 50.6 Å². The van der Waals surface area contributed by atoms with E-state index < -0.39 is 5.76 Å². The smallest absolute Gasteiger partial charge is 0.288 e. The molecule has 0 aliphatic rings. The number of nitrogens with one attached hydrogen (secondary N) is 1. The van der Waals surface area contributed by atoms with Crippen molar-refractivity contribution < 1.29 is 13.6 Å². The largest absolute Gasteiger partial charge is 0.321 e. The quantitative estimate of drug-likeness (QED) is 0.767. The first-order valence-electron chi connectivity index (χ1n) is 5.16. The maximum Gasteiger partial charge on any atom is 0.288 e. The van der Waals surface area contributed by atoms with Gasteiger partial charge in [0.2, 0.25) is 0 Å². The van der Waals surface area contributed by atoms with Gasteiger partial charge in [-0.1, -0.05) is 11.8 Å². The SMILES string of the molecule is O=C(Nc1ccc(SC(F)F)cc1)c1ccc(Br)s1. The fourth-order valence-electron chi connectivity index (χ4n) is 1.35. The number of carbonyl (C=O) groups excluding carboxylic acids is 1. The summed E-state index contributed by atoms with van der Waals surface area (Å²) in [6.45, 7) is 0. The average molecular weight is 364 g/mol. The van der Waals surface area contributed by atoms with Gasteiger partial charge < -0.3 is 5.32 Å². The summed E-state index contributed by atoms with van der Waals surface area (Å²) in [5.74, 6) is -2.66. The van der Waals surface area contributed by atoms with Crippen molar-refractivity contribution in [1.82, 2.24) is 0 Å². The zero-order chi connectivity index (χ0) is 13.8. The number of thioether (sulfide) groups is 1. The minimum absolute atomic E-state index is 0.218. The van der Waals surface area contributed by atoms with E-state index in [1.807, 2.05) is 0 Å². The molecule has 2 aromatic rings. The van der Waals surface area contributed by atoms with Crippen LogP contribution in [0.15, 0.2) is 45.1 Å². The van der Waals surface area contributed by atoms with Crippen molar-refractivity contribution in [2.75, 3.05) is 5.32 Å². The Bertz CT molecular complexity index is 571. The van der Waals surface area contributed by atoms with E-state index in [1.54, 1.807) is 36.4 Å². The molecule has 0 unspecified atom stereocenters. The van der Waals surface area contributed by atoms with Gasteiger partial charge in [-0.15, -0.1) is 11.3 Å². The van der Waals surface area contributed by atoms with Gasteiger partial charge in [0.05, 0.1) is 8.66 Å². The molecule has 0 bridgehead atoms. The number of rotatable bonds is 4. The molecule has 0 saturated carbocycles. The Labute approximate surface area is 125 Å². The van der Waals surface area contributed by atoms with Crippen LogP contribution < -0.4 is 5.32 Å². The number of alkyl halides is 2. The van der Waals surface area contributed by atoms with Crippen LogP contribution in [0.2, 0.25) is 0 Å². The van der Waals surface area contributed by atoms with Gasteiger partial charge in [0, 0.05) is 10.6 Å². The lowest BCUT2D eigenvalue weighted by atomic mass is 10.3. The molecule has 1 aromatic heterocycles. The molecule has 0 radical (unpaired) electrons. The molecule has 0 saturated heterocycles. The second kappa shape index (κ2) is 6.49. The molecular weight excluding hydrogens is 356 g/mol. The highest BCUT2D eigenvalue weighted by Gasteiger charge is 2.09. The number of halogens is 3. The highest BCUT2D eigenvalue weighted by molar-refractivity contribution is 9.11. The lowest BCUT2D eigenvalue weighted by Crippen LogP contribution is -2.09. The van der Waals surface area contributed by atoms with Crippen LogP contribution in [0.25, 0.3) is 0 Å². The summed E-state index contributed by atoms with van der Waals surface area (Å²) in [4.78, 5) is 12.9. The van der Waals surface area contributed by atoms with Crippen LogP contribution in [0.5, 0.6) is 0 Å². The van der Waals surface area contributed by atoms with Crippen LogP contribution >= 0.6 is 39.0 Å². The van der Waals surface area contributed by atoms with Gasteiger partial charge in [-0.3, -0.25) is 4.79 Å². The second-order valence-corrected chi connectivity index (χ2v) is 6.99. The number of amides is 1. The van der Waals surface area contributed by atoms with E-state index in [4.69, 9.17) is 0 Å². The molecule has 100 valence electrons. The fraction of sp³-hybridized carbons (Fsp3) is 0.0833. The molecule has 0 aliphatic carbocycles. The zero-order valence-corrected chi connectivity index (χ0v) is 12.6. The summed E-state index contributed by atoms with van der Waals surface area (Å²) in [5, 5.41) is 2.71. The minimum atomic E-state index is -2.44. The fourth-order valence-corrected chi connectivity index (χ4v) is 3.13. The highest BCUT2D eigenvalue weighted by atomic mass is 79.9. The lowest BCUT2D eigenvalue weighted by molar-refractivity contribution is 0.103. The number of thiophene rings is 1. The minimum Gasteiger partial charge on any atom is -0.321 e. The van der Waals surface area contributed by atoms with Gasteiger partial charge in [0.25, 0.3) is 11.7 Å². The summed E-state index contributed by atoms with van der Waals surface area (Å²) < 4.78 is 25.2. The molecule has 19 heavy (non-hydrogen) atoms. The molecule has 0 spiro atoms. The Kier molecular flexibility index (Phi) is 4.95. The Balaban J connectivity index is 2.01. The molecule has 1 heterocycles. The Morgan fingerprint density at radius 3 is 2.42 bits per heavy atom. The van der Waals surface area contributed by atoms with Gasteiger partial charge in [0.1, 0.15) is 0 Å². The topological polar surface area (TPSA) is 29.1 Å². The third-order valence-corrected chi connectivity index (χ3v) is 4.48. The average Bonchev–Trinajstić information content (AvgIpc) is 2.78. The summed E-state index contributed by atoms with van der Waals surface area (Å²) in [6, 6.07) is 9.82. The summed E-state index contributed by atoms with van der Waals surface area (Å²) >= 11 is 5.09. The second-order valence-electron chi connectivity index (χ2n) is 3.46. The molecule has 0 atom stereocenters. The molecule has 1 amide bonds. The van der Waals surface area contributed by atoms with Gasteiger partial charge in [-0.2, -0.15) is 8.78 Å². The first kappa shape index (κ1) is 14.5. The van der Waals surface area contributed by atoms with Crippen LogP contribution in [-0.2, 0) is 0 Å². The standard InChI is InChI=1S/C12H8BrF2NOS2/c13-10-6-5-9(19-10)11(17)16-7-1-3-8(4-2-7)18-12(14)15/h1-6,12H,(H,16,17). The van der Waals surface area contributed by atoms with Crippen molar-refractivity contribution in [2.45, 2.75) is 10.7 Å². The number of anilines is 1. The van der Waals surface area contributed by atoms with Gasteiger partial charge in [-0.25, -0.2) is 0 Å². The Morgan fingerprint density at radius 1 is 1.21 bits per heavy atom. The molecule has 2 rings (SSSR count). The van der Waals surface area contributed by atoms with E-state index in [-0.39, 0.29) is 5.91 Å². The van der Waals surface area contributed by atoms with Crippen LogP contribution in [0.4, 0.5) is 14.5 Å². The lowest BCUT2D eigenvalue weighted by Gasteiger charge is -2.05. The van der Waals surface area contributed by atoms with Gasteiger partial charge in [0.15, 0.2) is 0 Å². The highest BCUT2D eigenvalue weighted by Crippen LogP contribution is 2.27. The van der Waals surface area contributed by atoms with E-state index in [0.717, 1.165) is 3.79 Å². The summed E-state index contributed by atoms with van der Waals surface area (Å²) in [6.07, 6.45) is 0. The molecule has 0 aliphatic heterocycles. The van der Waals surface area contributed by atoms with E-state index in [1.165, 1.54) is 11.3 Å². The number of benzene rings is 1. The zero-order valence-electron chi connectivity index (χ0n) is 9.40. The predicted molar refractivity (Wildman–Crippen MR) is 78.3 cm³/mol. The maximum atomic E-state index is 12.1. The number of hydrogen-bond acceptors (Lipinski definition) is 3. The number of hydrogen-bond donors (Lipinski definition) is 1. The van der Waals surface area contributed by atoms with Gasteiger partial charge in [-0.05, 0) is 52.3 Å². The molecule has 2 nitrogen and oxygen atoms in total. The molecular formula is C12H8BrF2NOS2. The Hall–Kier alpha value is -0.920. The van der Waals surface area contributed by atoms with E-state index >= 15 is 0 Å². The molecule has 7 heteroatoms. The van der Waals surface area contributed by atoms with Crippen LogP contribution in [0.3, 0.4) is 0 Å². The third-order valence-electron chi connectivity index (χ3n) is 2.13. The monoisotopic (exact) mass is 363 g/mol. The van der Waals surface area contributed by atoms with Gasteiger partial charge >= 0.3 is 0 Å². The molecule has 1 N–H and O–H groups in total. The van der Waals surface area contributed by atoms with Crippen molar-refractivity contribution in [3.8, 4) is 0 Å². The normalized spacial score (nSPS) is 10.7.